The Morgan fingerprint density at radius 3 is 2.44 bits per heavy atom. The molecule has 1 atom stereocenters. The summed E-state index contributed by atoms with van der Waals surface area (Å²) in [5.41, 5.74) is 0.643. The van der Waals surface area contributed by atoms with Gasteiger partial charge in [0, 0.05) is 17.7 Å². The van der Waals surface area contributed by atoms with Crippen LogP contribution in [0.25, 0.3) is 0 Å². The molecule has 0 aromatic heterocycles. The molecule has 0 saturated carbocycles. The molecular formula is C25H21F3N2O4. The predicted octanol–water partition coefficient (Wildman–Crippen LogP) is 4.33. The van der Waals surface area contributed by atoms with Crippen molar-refractivity contribution >= 4 is 5.91 Å². The Labute approximate surface area is 194 Å². The first kappa shape index (κ1) is 24.6. The molecule has 34 heavy (non-hydrogen) atoms. The van der Waals surface area contributed by atoms with E-state index in [0.717, 1.165) is 12.1 Å². The molecule has 0 spiro atoms. The summed E-state index contributed by atoms with van der Waals surface area (Å²) >= 11 is 0. The second kappa shape index (κ2) is 11.2. The fraction of sp³-hybridized carbons (Fsp3) is 0.200. The van der Waals surface area contributed by atoms with Gasteiger partial charge in [-0.15, -0.1) is 0 Å². The number of aliphatic hydroxyl groups excluding tert-OH is 1. The molecule has 3 aromatic carbocycles. The first-order valence-electron chi connectivity index (χ1n) is 10.2. The molecule has 2 N–H and O–H groups in total. The lowest BCUT2D eigenvalue weighted by atomic mass is 10.1. The molecule has 1 unspecified atom stereocenters. The number of hydrogen-bond donors (Lipinski definition) is 2. The molecule has 0 fully saturated rings. The number of nitriles is 1. The summed E-state index contributed by atoms with van der Waals surface area (Å²) in [6.45, 7) is -0.318. The lowest BCUT2D eigenvalue weighted by Crippen LogP contribution is -2.35. The lowest BCUT2D eigenvalue weighted by molar-refractivity contribution is -0.137. The number of carbonyl (C=O) groups is 1. The van der Waals surface area contributed by atoms with Crippen LogP contribution in [0.1, 0.15) is 27.0 Å². The highest BCUT2D eigenvalue weighted by Crippen LogP contribution is 2.31. The van der Waals surface area contributed by atoms with Crippen LogP contribution in [0.3, 0.4) is 0 Å². The average molecular weight is 470 g/mol. The van der Waals surface area contributed by atoms with Gasteiger partial charge in [0.25, 0.3) is 5.91 Å². The Morgan fingerprint density at radius 1 is 1.00 bits per heavy atom. The van der Waals surface area contributed by atoms with Crippen LogP contribution in [-0.4, -0.2) is 30.3 Å². The summed E-state index contributed by atoms with van der Waals surface area (Å²) in [4.78, 5) is 12.4. The SMILES string of the molecule is N#Cc1ccccc1COc1cccc(C(=O)NCC(O)COc2cccc(C(F)(F)F)c2)c1. The average Bonchev–Trinajstić information content (AvgIpc) is 2.84. The monoisotopic (exact) mass is 470 g/mol. The number of amides is 1. The van der Waals surface area contributed by atoms with E-state index < -0.39 is 23.8 Å². The fourth-order valence-corrected chi connectivity index (χ4v) is 2.97. The first-order chi connectivity index (χ1) is 16.3. The Bertz CT molecular complexity index is 1180. The van der Waals surface area contributed by atoms with Gasteiger partial charge < -0.3 is 19.9 Å². The third-order valence-electron chi connectivity index (χ3n) is 4.73. The zero-order valence-corrected chi connectivity index (χ0v) is 17.9. The molecule has 0 heterocycles. The van der Waals surface area contributed by atoms with Crippen LogP contribution in [0.15, 0.2) is 72.8 Å². The van der Waals surface area contributed by atoms with E-state index in [1.807, 2.05) is 0 Å². The molecule has 0 aliphatic rings. The number of rotatable bonds is 9. The maximum atomic E-state index is 12.8. The second-order valence-corrected chi connectivity index (χ2v) is 7.29. The number of hydrogen-bond acceptors (Lipinski definition) is 5. The third-order valence-corrected chi connectivity index (χ3v) is 4.73. The van der Waals surface area contributed by atoms with Crippen molar-refractivity contribution in [2.75, 3.05) is 13.2 Å². The third kappa shape index (κ3) is 6.98. The predicted molar refractivity (Wildman–Crippen MR) is 117 cm³/mol. The van der Waals surface area contributed by atoms with Crippen molar-refractivity contribution in [3.05, 3.63) is 95.1 Å². The van der Waals surface area contributed by atoms with E-state index in [0.29, 0.717) is 16.9 Å². The van der Waals surface area contributed by atoms with Crippen molar-refractivity contribution < 1.29 is 32.5 Å². The second-order valence-electron chi connectivity index (χ2n) is 7.29. The molecule has 0 aliphatic carbocycles. The minimum Gasteiger partial charge on any atom is -0.491 e. The van der Waals surface area contributed by atoms with Gasteiger partial charge in [0.2, 0.25) is 0 Å². The smallest absolute Gasteiger partial charge is 0.416 e. The van der Waals surface area contributed by atoms with Gasteiger partial charge in [0.1, 0.15) is 30.8 Å². The van der Waals surface area contributed by atoms with E-state index in [2.05, 4.69) is 11.4 Å². The Balaban J connectivity index is 1.49. The molecule has 0 bridgehead atoms. The van der Waals surface area contributed by atoms with Crippen molar-refractivity contribution in [3.8, 4) is 17.6 Å². The number of benzene rings is 3. The topological polar surface area (TPSA) is 91.6 Å². The van der Waals surface area contributed by atoms with E-state index in [4.69, 9.17) is 14.7 Å². The highest BCUT2D eigenvalue weighted by Gasteiger charge is 2.30. The van der Waals surface area contributed by atoms with Crippen molar-refractivity contribution in [2.24, 2.45) is 0 Å². The van der Waals surface area contributed by atoms with Crippen molar-refractivity contribution in [3.63, 3.8) is 0 Å². The summed E-state index contributed by atoms with van der Waals surface area (Å²) in [5, 5.41) is 21.7. The summed E-state index contributed by atoms with van der Waals surface area (Å²) in [6.07, 6.45) is -5.64. The summed E-state index contributed by atoms with van der Waals surface area (Å²) < 4.78 is 49.2. The normalized spacial score (nSPS) is 11.9. The molecule has 0 saturated heterocycles. The van der Waals surface area contributed by atoms with E-state index in [-0.39, 0.29) is 31.1 Å². The van der Waals surface area contributed by atoms with Crippen LogP contribution in [0.2, 0.25) is 0 Å². The van der Waals surface area contributed by atoms with Gasteiger partial charge >= 0.3 is 6.18 Å². The number of ether oxygens (including phenoxy) is 2. The molecule has 3 aromatic rings. The van der Waals surface area contributed by atoms with E-state index in [1.54, 1.807) is 42.5 Å². The molecule has 3 rings (SSSR count). The van der Waals surface area contributed by atoms with Crippen LogP contribution in [0, 0.1) is 11.3 Å². The summed E-state index contributed by atoms with van der Waals surface area (Å²) in [5.74, 6) is -0.0853. The van der Waals surface area contributed by atoms with Crippen molar-refractivity contribution in [1.29, 1.82) is 5.26 Å². The molecular weight excluding hydrogens is 449 g/mol. The highest BCUT2D eigenvalue weighted by molar-refractivity contribution is 5.94. The molecule has 176 valence electrons. The molecule has 0 aliphatic heterocycles. The van der Waals surface area contributed by atoms with Crippen molar-refractivity contribution in [2.45, 2.75) is 18.9 Å². The number of alkyl halides is 3. The van der Waals surface area contributed by atoms with Crippen LogP contribution < -0.4 is 14.8 Å². The van der Waals surface area contributed by atoms with Gasteiger partial charge in [0.05, 0.1) is 17.2 Å². The number of nitrogens with zero attached hydrogens (tertiary/aromatic N) is 1. The largest absolute Gasteiger partial charge is 0.491 e. The minimum atomic E-state index is -4.50. The van der Waals surface area contributed by atoms with E-state index in [9.17, 15) is 23.1 Å². The van der Waals surface area contributed by atoms with Crippen LogP contribution in [0.4, 0.5) is 13.2 Å². The number of carbonyl (C=O) groups excluding carboxylic acids is 1. The van der Waals surface area contributed by atoms with Gasteiger partial charge in [0.15, 0.2) is 0 Å². The van der Waals surface area contributed by atoms with Crippen LogP contribution >= 0.6 is 0 Å². The maximum absolute atomic E-state index is 12.8. The van der Waals surface area contributed by atoms with Gasteiger partial charge in [-0.1, -0.05) is 30.3 Å². The Morgan fingerprint density at radius 2 is 1.71 bits per heavy atom. The Kier molecular flexibility index (Phi) is 8.11. The number of nitrogens with one attached hydrogen (secondary N) is 1. The molecule has 1 amide bonds. The summed E-state index contributed by atoms with van der Waals surface area (Å²) in [6, 6.07) is 19.8. The van der Waals surface area contributed by atoms with Crippen molar-refractivity contribution in [1.82, 2.24) is 5.32 Å². The van der Waals surface area contributed by atoms with Gasteiger partial charge in [-0.05, 0) is 42.5 Å². The standard InChI is InChI=1S/C25H21F3N2O4/c26-25(27,28)20-8-4-10-23(12-20)34-16-21(31)14-30-24(32)17-7-3-9-22(11-17)33-15-19-6-2-1-5-18(19)13-29/h1-12,21,31H,14-16H2,(H,30,32). The number of halogens is 3. The lowest BCUT2D eigenvalue weighted by Gasteiger charge is -2.15. The molecule has 9 heteroatoms. The quantitative estimate of drug-likeness (QED) is 0.486. The zero-order valence-electron chi connectivity index (χ0n) is 17.9. The number of aliphatic hydroxyl groups is 1. The summed E-state index contributed by atoms with van der Waals surface area (Å²) in [7, 11) is 0. The first-order valence-corrected chi connectivity index (χ1v) is 10.2. The zero-order chi connectivity index (χ0) is 24.6. The van der Waals surface area contributed by atoms with Gasteiger partial charge in [-0.25, -0.2) is 0 Å². The van der Waals surface area contributed by atoms with Crippen LogP contribution in [0.5, 0.6) is 11.5 Å². The molecule has 0 radical (unpaired) electrons. The maximum Gasteiger partial charge on any atom is 0.416 e. The van der Waals surface area contributed by atoms with Gasteiger partial charge in [-0.2, -0.15) is 18.4 Å². The van der Waals surface area contributed by atoms with Gasteiger partial charge in [-0.3, -0.25) is 4.79 Å². The fourth-order valence-electron chi connectivity index (χ4n) is 2.97. The molecule has 6 nitrogen and oxygen atoms in total. The highest BCUT2D eigenvalue weighted by atomic mass is 19.4. The minimum absolute atomic E-state index is 0.0389. The van der Waals surface area contributed by atoms with E-state index >= 15 is 0 Å². The van der Waals surface area contributed by atoms with Crippen LogP contribution in [-0.2, 0) is 12.8 Å². The Hall–Kier alpha value is -4.03. The van der Waals surface area contributed by atoms with E-state index in [1.165, 1.54) is 18.2 Å².